The lowest BCUT2D eigenvalue weighted by Gasteiger charge is -2.35. The lowest BCUT2D eigenvalue weighted by atomic mass is 10.0. The molecule has 0 saturated carbocycles. The molecule has 2 aromatic rings. The highest BCUT2D eigenvalue weighted by Gasteiger charge is 2.32. The Balaban J connectivity index is 1.94. The topological polar surface area (TPSA) is 87.6 Å². The number of hydrogen-bond donors (Lipinski definition) is 2. The number of carbonyl (C=O) groups is 1. The number of alkyl halides is 3. The summed E-state index contributed by atoms with van der Waals surface area (Å²) in [4.78, 5) is 19.1. The van der Waals surface area contributed by atoms with E-state index >= 15 is 0 Å². The van der Waals surface area contributed by atoms with Crippen molar-refractivity contribution in [2.75, 3.05) is 31.6 Å². The zero-order valence-corrected chi connectivity index (χ0v) is 15.2. The van der Waals surface area contributed by atoms with Gasteiger partial charge in [-0.25, -0.2) is 9.37 Å². The van der Waals surface area contributed by atoms with Gasteiger partial charge in [-0.15, -0.1) is 0 Å². The van der Waals surface area contributed by atoms with Crippen LogP contribution >= 0.6 is 0 Å². The predicted molar refractivity (Wildman–Crippen MR) is 94.2 cm³/mol. The van der Waals surface area contributed by atoms with Crippen molar-refractivity contribution in [3.63, 3.8) is 0 Å². The van der Waals surface area contributed by atoms with Crippen LogP contribution in [-0.2, 0) is 11.3 Å². The number of benzene rings is 1. The lowest BCUT2D eigenvalue weighted by Crippen LogP contribution is -2.52. The summed E-state index contributed by atoms with van der Waals surface area (Å²) in [6, 6.07) is 3.27. The molecule has 1 aliphatic rings. The minimum absolute atomic E-state index is 0.250. The number of aliphatic hydroxyl groups is 1. The average Bonchev–Trinajstić information content (AvgIpc) is 2.93. The van der Waals surface area contributed by atoms with Crippen molar-refractivity contribution in [2.24, 2.45) is 5.73 Å². The summed E-state index contributed by atoms with van der Waals surface area (Å²) >= 11 is 0. The van der Waals surface area contributed by atoms with Gasteiger partial charge in [-0.05, 0) is 18.6 Å². The van der Waals surface area contributed by atoms with E-state index in [-0.39, 0.29) is 12.1 Å². The van der Waals surface area contributed by atoms with Gasteiger partial charge in [0.15, 0.2) is 0 Å². The van der Waals surface area contributed by atoms with E-state index in [2.05, 4.69) is 4.98 Å². The summed E-state index contributed by atoms with van der Waals surface area (Å²) in [5.41, 5.74) is 6.60. The summed E-state index contributed by atoms with van der Waals surface area (Å²) in [7, 11) is 1.07. The number of amides is 1. The van der Waals surface area contributed by atoms with Crippen LogP contribution in [0.4, 0.5) is 23.5 Å². The van der Waals surface area contributed by atoms with Gasteiger partial charge in [0, 0.05) is 32.2 Å². The van der Waals surface area contributed by atoms with Gasteiger partial charge in [-0.1, -0.05) is 0 Å². The predicted octanol–water partition coefficient (Wildman–Crippen LogP) is 1.09. The van der Waals surface area contributed by atoms with Crippen molar-refractivity contribution >= 4 is 22.9 Å². The fourth-order valence-electron chi connectivity index (χ4n) is 3.25. The minimum atomic E-state index is -4.51. The first-order valence-corrected chi connectivity index (χ1v) is 8.70. The Morgan fingerprint density at radius 3 is 2.79 bits per heavy atom. The Morgan fingerprint density at radius 1 is 1.43 bits per heavy atom. The molecule has 0 aliphatic carbocycles. The van der Waals surface area contributed by atoms with E-state index in [0.717, 1.165) is 7.05 Å². The molecule has 1 amide bonds. The van der Waals surface area contributed by atoms with Gasteiger partial charge in [0.2, 0.25) is 11.9 Å². The van der Waals surface area contributed by atoms with Crippen LogP contribution in [0.5, 0.6) is 0 Å². The third-order valence-corrected chi connectivity index (χ3v) is 4.73. The van der Waals surface area contributed by atoms with Crippen LogP contribution in [0.15, 0.2) is 18.2 Å². The van der Waals surface area contributed by atoms with Crippen LogP contribution in [0.25, 0.3) is 11.0 Å². The molecule has 1 aliphatic heterocycles. The van der Waals surface area contributed by atoms with Crippen LogP contribution in [0.2, 0.25) is 0 Å². The Bertz CT molecular complexity index is 869. The number of hydrogen-bond acceptors (Lipinski definition) is 5. The molecule has 2 heterocycles. The molecule has 1 fully saturated rings. The standard InChI is InChI=1S/C17H21F4N5O2/c1-24(9-17(19,20)21)15(28)8-26-13-3-2-10(18)6-12(13)23-16(26)25-5-4-14(27)11(22)7-25/h2-3,6,11,14,27H,4-5,7-9,22H2,1H3/t11-,14?/m1/s1. The first kappa shape index (κ1) is 20.3. The first-order chi connectivity index (χ1) is 13.0. The monoisotopic (exact) mass is 403 g/mol. The van der Waals surface area contributed by atoms with Crippen LogP contribution in [0, 0.1) is 5.82 Å². The summed E-state index contributed by atoms with van der Waals surface area (Å²) in [6.07, 6.45) is -4.81. The molecule has 1 aromatic carbocycles. The molecule has 1 aromatic heterocycles. The number of rotatable bonds is 4. The first-order valence-electron chi connectivity index (χ1n) is 8.70. The largest absolute Gasteiger partial charge is 0.406 e. The van der Waals surface area contributed by atoms with Crippen molar-refractivity contribution in [3.05, 3.63) is 24.0 Å². The number of halogens is 4. The number of aliphatic hydroxyl groups excluding tert-OH is 1. The molecule has 7 nitrogen and oxygen atoms in total. The molecule has 3 N–H and O–H groups in total. The molecule has 3 rings (SSSR count). The number of likely N-dealkylation sites (N-methyl/N-ethyl adjacent to an activating group) is 1. The quantitative estimate of drug-likeness (QED) is 0.747. The lowest BCUT2D eigenvalue weighted by molar-refractivity contribution is -0.158. The van der Waals surface area contributed by atoms with E-state index in [1.54, 1.807) is 4.90 Å². The van der Waals surface area contributed by atoms with Crippen LogP contribution in [0.1, 0.15) is 6.42 Å². The molecule has 0 radical (unpaired) electrons. The van der Waals surface area contributed by atoms with Crippen molar-refractivity contribution in [2.45, 2.75) is 31.3 Å². The Morgan fingerprint density at radius 2 is 2.14 bits per heavy atom. The Hall–Kier alpha value is -2.40. The maximum absolute atomic E-state index is 13.6. The second kappa shape index (κ2) is 7.55. The zero-order chi connectivity index (χ0) is 20.6. The maximum Gasteiger partial charge on any atom is 0.406 e. The van der Waals surface area contributed by atoms with E-state index in [1.807, 2.05) is 0 Å². The molecule has 1 saturated heterocycles. The minimum Gasteiger partial charge on any atom is -0.391 e. The van der Waals surface area contributed by atoms with Gasteiger partial charge in [-0.2, -0.15) is 13.2 Å². The smallest absolute Gasteiger partial charge is 0.391 e. The number of imidazole rings is 1. The molecular weight excluding hydrogens is 382 g/mol. The van der Waals surface area contributed by atoms with Crippen molar-refractivity contribution < 1.29 is 27.5 Å². The zero-order valence-electron chi connectivity index (χ0n) is 15.2. The van der Waals surface area contributed by atoms with E-state index in [4.69, 9.17) is 5.73 Å². The number of fused-ring (bicyclic) bond motifs is 1. The molecule has 2 atom stereocenters. The van der Waals surface area contributed by atoms with Crippen LogP contribution in [0.3, 0.4) is 0 Å². The van der Waals surface area contributed by atoms with Crippen LogP contribution < -0.4 is 10.6 Å². The molecule has 11 heteroatoms. The van der Waals surface area contributed by atoms with Gasteiger partial charge in [-0.3, -0.25) is 4.79 Å². The highest BCUT2D eigenvalue weighted by molar-refractivity contribution is 5.83. The van der Waals surface area contributed by atoms with Gasteiger partial charge < -0.3 is 25.2 Å². The van der Waals surface area contributed by atoms with Gasteiger partial charge >= 0.3 is 6.18 Å². The van der Waals surface area contributed by atoms with E-state index in [0.29, 0.717) is 29.3 Å². The Labute approximate surface area is 158 Å². The number of piperidine rings is 1. The molecular formula is C17H21F4N5O2. The number of anilines is 1. The summed E-state index contributed by atoms with van der Waals surface area (Å²) in [5.74, 6) is -0.977. The molecule has 154 valence electrons. The third kappa shape index (κ3) is 4.36. The van der Waals surface area contributed by atoms with Gasteiger partial charge in [0.05, 0.1) is 17.1 Å². The Kier molecular flexibility index (Phi) is 5.48. The SMILES string of the molecule is CN(CC(F)(F)F)C(=O)Cn1c(N2CCC(O)[C@H](N)C2)nc2cc(F)ccc21. The molecule has 0 bridgehead atoms. The molecule has 28 heavy (non-hydrogen) atoms. The fourth-order valence-corrected chi connectivity index (χ4v) is 3.25. The number of nitrogens with two attached hydrogens (primary N) is 1. The molecule has 0 spiro atoms. The normalized spacial score (nSPS) is 20.6. The van der Waals surface area contributed by atoms with E-state index in [1.165, 1.54) is 22.8 Å². The number of aromatic nitrogens is 2. The molecule has 1 unspecified atom stereocenters. The van der Waals surface area contributed by atoms with E-state index in [9.17, 15) is 27.5 Å². The second-order valence-electron chi connectivity index (χ2n) is 6.96. The van der Waals surface area contributed by atoms with Crippen molar-refractivity contribution in [1.29, 1.82) is 0 Å². The number of nitrogens with zero attached hydrogens (tertiary/aromatic N) is 4. The highest BCUT2D eigenvalue weighted by Crippen LogP contribution is 2.26. The van der Waals surface area contributed by atoms with Crippen LogP contribution in [-0.4, -0.2) is 70.5 Å². The van der Waals surface area contributed by atoms with E-state index < -0.39 is 43.1 Å². The van der Waals surface area contributed by atoms with Crippen molar-refractivity contribution in [3.8, 4) is 0 Å². The maximum atomic E-state index is 13.6. The fraction of sp³-hybridized carbons (Fsp3) is 0.529. The number of carbonyl (C=O) groups excluding carboxylic acids is 1. The highest BCUT2D eigenvalue weighted by atomic mass is 19.4. The summed E-state index contributed by atoms with van der Waals surface area (Å²) in [5, 5.41) is 9.82. The second-order valence-corrected chi connectivity index (χ2v) is 6.96. The van der Waals surface area contributed by atoms with Gasteiger partial charge in [0.1, 0.15) is 18.9 Å². The van der Waals surface area contributed by atoms with Gasteiger partial charge in [0.25, 0.3) is 0 Å². The summed E-state index contributed by atoms with van der Waals surface area (Å²) in [6.45, 7) is -1.12. The third-order valence-electron chi connectivity index (χ3n) is 4.73. The summed E-state index contributed by atoms with van der Waals surface area (Å²) < 4.78 is 52.8. The average molecular weight is 403 g/mol. The van der Waals surface area contributed by atoms with Crippen molar-refractivity contribution in [1.82, 2.24) is 14.5 Å².